The van der Waals surface area contributed by atoms with Crippen LogP contribution in [0.4, 0.5) is 0 Å². The van der Waals surface area contributed by atoms with Gasteiger partial charge < -0.3 is 19.1 Å². The predicted octanol–water partition coefficient (Wildman–Crippen LogP) is 4.86. The van der Waals surface area contributed by atoms with Crippen LogP contribution in [0.3, 0.4) is 0 Å². The summed E-state index contributed by atoms with van der Waals surface area (Å²) in [6, 6.07) is 13.5. The minimum absolute atomic E-state index is 0.0423. The summed E-state index contributed by atoms with van der Waals surface area (Å²) in [5.41, 5.74) is 4.46. The number of benzene rings is 2. The number of hydrogen-bond donors (Lipinski definition) is 0. The van der Waals surface area contributed by atoms with Crippen molar-refractivity contribution >= 4 is 17.2 Å². The van der Waals surface area contributed by atoms with Crippen LogP contribution in [-0.4, -0.2) is 35.5 Å². The van der Waals surface area contributed by atoms with Crippen LogP contribution in [0.15, 0.2) is 53.4 Å². The second kappa shape index (κ2) is 8.98. The summed E-state index contributed by atoms with van der Waals surface area (Å²) in [6.45, 7) is 2.50. The molecule has 3 heterocycles. The Morgan fingerprint density at radius 3 is 2.74 bits per heavy atom. The van der Waals surface area contributed by atoms with Crippen molar-refractivity contribution in [1.82, 2.24) is 9.88 Å². The lowest BCUT2D eigenvalue weighted by molar-refractivity contribution is 0.0735. The first-order chi connectivity index (χ1) is 15.3. The van der Waals surface area contributed by atoms with Gasteiger partial charge in [-0.2, -0.15) is 0 Å². The highest BCUT2D eigenvalue weighted by atomic mass is 32.1. The Balaban J connectivity index is 1.29. The molecule has 7 heteroatoms. The number of nitrogens with zero attached hydrogens (tertiary/aromatic N) is 2. The van der Waals surface area contributed by atoms with E-state index in [1.54, 1.807) is 16.8 Å². The second-order valence-electron chi connectivity index (χ2n) is 7.71. The number of likely N-dealkylation sites (tertiary alicyclic amines) is 1. The highest BCUT2D eigenvalue weighted by Crippen LogP contribution is 2.38. The van der Waals surface area contributed by atoms with E-state index in [0.29, 0.717) is 25.4 Å². The highest BCUT2D eigenvalue weighted by molar-refractivity contribution is 7.07. The number of fused-ring (bicyclic) bond motifs is 1. The van der Waals surface area contributed by atoms with Gasteiger partial charge in [0.2, 0.25) is 0 Å². The summed E-state index contributed by atoms with van der Waals surface area (Å²) in [5.74, 6) is 2.33. The van der Waals surface area contributed by atoms with Crippen LogP contribution in [0, 0.1) is 0 Å². The van der Waals surface area contributed by atoms with Crippen LogP contribution in [0.1, 0.15) is 46.9 Å². The van der Waals surface area contributed by atoms with Crippen molar-refractivity contribution in [2.24, 2.45) is 0 Å². The second-order valence-corrected chi connectivity index (χ2v) is 8.42. The van der Waals surface area contributed by atoms with E-state index >= 15 is 0 Å². The molecule has 3 aromatic rings. The number of carbonyl (C=O) groups is 1. The van der Waals surface area contributed by atoms with Gasteiger partial charge >= 0.3 is 0 Å². The zero-order valence-corrected chi connectivity index (χ0v) is 18.0. The van der Waals surface area contributed by atoms with Crippen molar-refractivity contribution < 1.29 is 19.0 Å². The topological polar surface area (TPSA) is 60.9 Å². The molecule has 0 bridgehead atoms. The van der Waals surface area contributed by atoms with Crippen LogP contribution in [-0.2, 0) is 6.61 Å². The number of aromatic nitrogens is 1. The van der Waals surface area contributed by atoms with Crippen molar-refractivity contribution in [2.45, 2.75) is 31.9 Å². The third-order valence-electron chi connectivity index (χ3n) is 5.64. The average molecular weight is 437 g/mol. The standard InChI is InChI=1S/C24H24N2O4S/c27-24(17-4-7-20(8-5-17)30-14-19-15-31-16-25-19)26-10-1-3-21(26)18-6-9-22-23(13-18)29-12-2-11-28-22/h4-9,13,15-16,21H,1-3,10-12,14H2/t21-/m0/s1. The summed E-state index contributed by atoms with van der Waals surface area (Å²) in [4.78, 5) is 19.4. The van der Waals surface area contributed by atoms with E-state index < -0.39 is 0 Å². The maximum Gasteiger partial charge on any atom is 0.254 e. The van der Waals surface area contributed by atoms with Crippen LogP contribution in [0.5, 0.6) is 17.2 Å². The Labute approximate surface area is 185 Å². The molecule has 1 amide bonds. The molecule has 1 saturated heterocycles. The Morgan fingerprint density at radius 1 is 1.10 bits per heavy atom. The van der Waals surface area contributed by atoms with Gasteiger partial charge in [0.1, 0.15) is 12.4 Å². The number of ether oxygens (including phenoxy) is 3. The molecule has 1 aromatic heterocycles. The maximum absolute atomic E-state index is 13.3. The minimum Gasteiger partial charge on any atom is -0.490 e. The Bertz CT molecular complexity index is 1040. The summed E-state index contributed by atoms with van der Waals surface area (Å²) in [5, 5.41) is 1.96. The fourth-order valence-corrected chi connectivity index (χ4v) is 4.61. The first-order valence-electron chi connectivity index (χ1n) is 10.6. The summed E-state index contributed by atoms with van der Waals surface area (Å²) >= 11 is 1.55. The number of hydrogen-bond acceptors (Lipinski definition) is 6. The van der Waals surface area contributed by atoms with Crippen molar-refractivity contribution in [1.29, 1.82) is 0 Å². The van der Waals surface area contributed by atoms with E-state index in [2.05, 4.69) is 11.1 Å². The molecule has 0 aliphatic carbocycles. The molecule has 0 N–H and O–H groups in total. The third kappa shape index (κ3) is 4.37. The van der Waals surface area contributed by atoms with E-state index in [4.69, 9.17) is 14.2 Å². The normalized spacial score (nSPS) is 17.9. The van der Waals surface area contributed by atoms with Gasteiger partial charge in [-0.15, -0.1) is 11.3 Å². The fourth-order valence-electron chi connectivity index (χ4n) is 4.07. The van der Waals surface area contributed by atoms with E-state index in [0.717, 1.165) is 54.3 Å². The molecule has 0 unspecified atom stereocenters. The molecule has 5 rings (SSSR count). The lowest BCUT2D eigenvalue weighted by atomic mass is 10.0. The van der Waals surface area contributed by atoms with Gasteiger partial charge in [0.25, 0.3) is 5.91 Å². The lowest BCUT2D eigenvalue weighted by Crippen LogP contribution is -2.30. The smallest absolute Gasteiger partial charge is 0.254 e. The van der Waals surface area contributed by atoms with Crippen molar-refractivity contribution in [2.75, 3.05) is 19.8 Å². The summed E-state index contributed by atoms with van der Waals surface area (Å²) in [6.07, 6.45) is 2.81. The number of carbonyl (C=O) groups excluding carboxylic acids is 1. The van der Waals surface area contributed by atoms with E-state index in [9.17, 15) is 4.79 Å². The van der Waals surface area contributed by atoms with Crippen molar-refractivity contribution in [3.8, 4) is 17.2 Å². The monoisotopic (exact) mass is 436 g/mol. The van der Waals surface area contributed by atoms with Crippen LogP contribution in [0.25, 0.3) is 0 Å². The van der Waals surface area contributed by atoms with Crippen LogP contribution in [0.2, 0.25) is 0 Å². The Morgan fingerprint density at radius 2 is 1.94 bits per heavy atom. The van der Waals surface area contributed by atoms with E-state index in [1.807, 2.05) is 46.7 Å². The molecule has 160 valence electrons. The van der Waals surface area contributed by atoms with Gasteiger partial charge in [0, 0.05) is 23.9 Å². The quantitative estimate of drug-likeness (QED) is 0.572. The number of thiazole rings is 1. The molecule has 2 aliphatic rings. The first-order valence-corrected chi connectivity index (χ1v) is 11.5. The molecular weight excluding hydrogens is 412 g/mol. The van der Waals surface area contributed by atoms with E-state index in [1.165, 1.54) is 0 Å². The van der Waals surface area contributed by atoms with Gasteiger partial charge in [-0.3, -0.25) is 4.79 Å². The van der Waals surface area contributed by atoms with Crippen molar-refractivity contribution in [3.63, 3.8) is 0 Å². The molecule has 0 spiro atoms. The highest BCUT2D eigenvalue weighted by Gasteiger charge is 2.31. The fraction of sp³-hybridized carbons (Fsp3) is 0.333. The molecule has 2 aromatic carbocycles. The molecule has 6 nitrogen and oxygen atoms in total. The largest absolute Gasteiger partial charge is 0.490 e. The van der Waals surface area contributed by atoms with Gasteiger partial charge in [0.05, 0.1) is 30.5 Å². The Hall–Kier alpha value is -3.06. The molecule has 0 saturated carbocycles. The third-order valence-corrected chi connectivity index (χ3v) is 6.28. The van der Waals surface area contributed by atoms with Gasteiger partial charge in [-0.05, 0) is 54.8 Å². The van der Waals surface area contributed by atoms with Crippen LogP contribution < -0.4 is 14.2 Å². The molecule has 1 atom stereocenters. The first kappa shape index (κ1) is 19.9. The number of amides is 1. The van der Waals surface area contributed by atoms with E-state index in [-0.39, 0.29) is 11.9 Å². The molecule has 31 heavy (non-hydrogen) atoms. The van der Waals surface area contributed by atoms with Gasteiger partial charge in [0.15, 0.2) is 11.5 Å². The molecular formula is C24H24N2O4S. The molecule has 2 aliphatic heterocycles. The average Bonchev–Trinajstić information content (AvgIpc) is 3.45. The minimum atomic E-state index is 0.0423. The predicted molar refractivity (Wildman–Crippen MR) is 118 cm³/mol. The van der Waals surface area contributed by atoms with Crippen LogP contribution >= 0.6 is 11.3 Å². The van der Waals surface area contributed by atoms with Gasteiger partial charge in [-0.25, -0.2) is 4.98 Å². The maximum atomic E-state index is 13.3. The zero-order chi connectivity index (χ0) is 21.0. The Kier molecular flexibility index (Phi) is 5.76. The summed E-state index contributed by atoms with van der Waals surface area (Å²) < 4.78 is 17.3. The SMILES string of the molecule is O=C(c1ccc(OCc2cscn2)cc1)N1CCC[C@H]1c1ccc2c(c1)OCCCO2. The molecule has 0 radical (unpaired) electrons. The van der Waals surface area contributed by atoms with Crippen molar-refractivity contribution in [3.05, 3.63) is 70.2 Å². The summed E-state index contributed by atoms with van der Waals surface area (Å²) in [7, 11) is 0. The molecule has 1 fully saturated rings. The zero-order valence-electron chi connectivity index (χ0n) is 17.2. The van der Waals surface area contributed by atoms with Gasteiger partial charge in [-0.1, -0.05) is 6.07 Å². The number of rotatable bonds is 5. The lowest BCUT2D eigenvalue weighted by Gasteiger charge is -2.26.